The van der Waals surface area contributed by atoms with E-state index in [0.717, 1.165) is 17.7 Å². The Bertz CT molecular complexity index is 348. The van der Waals surface area contributed by atoms with Gasteiger partial charge in [0.15, 0.2) is 0 Å². The summed E-state index contributed by atoms with van der Waals surface area (Å²) in [5, 5.41) is 14.5. The van der Waals surface area contributed by atoms with Crippen LogP contribution in [0.25, 0.3) is 5.57 Å². The molecule has 2 rings (SSSR count). The van der Waals surface area contributed by atoms with Gasteiger partial charge in [-0.3, -0.25) is 0 Å². The van der Waals surface area contributed by atoms with Crippen molar-refractivity contribution in [3.63, 3.8) is 0 Å². The van der Waals surface area contributed by atoms with E-state index in [0.29, 0.717) is 12.4 Å². The Balaban J connectivity index is 2.29. The second kappa shape index (κ2) is 4.08. The van der Waals surface area contributed by atoms with Gasteiger partial charge in [0.2, 0.25) is 5.88 Å². The molecular weight excluding hydrogens is 200 g/mol. The molecule has 0 bridgehead atoms. The molecule has 0 saturated heterocycles. The number of hydrogen-bond acceptors (Lipinski definition) is 5. The van der Waals surface area contributed by atoms with Crippen LogP contribution in [0.1, 0.15) is 5.56 Å². The number of rotatable bonds is 2. The molecule has 0 aromatic carbocycles. The Kier molecular flexibility index (Phi) is 2.81. The van der Waals surface area contributed by atoms with E-state index < -0.39 is 6.10 Å². The smallest absolute Gasteiger partial charge is 0.232 e. The third kappa shape index (κ3) is 1.79. The third-order valence-corrected chi connectivity index (χ3v) is 2.75. The molecule has 1 unspecified atom stereocenters. The van der Waals surface area contributed by atoms with Crippen LogP contribution >= 0.6 is 11.5 Å². The van der Waals surface area contributed by atoms with Crippen LogP contribution in [0, 0.1) is 0 Å². The lowest BCUT2D eigenvalue weighted by atomic mass is 10.0. The highest BCUT2D eigenvalue weighted by Gasteiger charge is 2.16. The predicted molar refractivity (Wildman–Crippen MR) is 55.5 cm³/mol. The zero-order valence-corrected chi connectivity index (χ0v) is 8.67. The number of aromatic nitrogens is 1. The molecule has 0 saturated carbocycles. The van der Waals surface area contributed by atoms with E-state index in [1.54, 1.807) is 7.11 Å². The molecule has 1 aliphatic rings. The molecule has 1 aliphatic heterocycles. The molecule has 2 heterocycles. The van der Waals surface area contributed by atoms with Gasteiger partial charge in [-0.05, 0) is 23.2 Å². The van der Waals surface area contributed by atoms with Gasteiger partial charge >= 0.3 is 0 Å². The first-order chi connectivity index (χ1) is 6.81. The van der Waals surface area contributed by atoms with E-state index in [-0.39, 0.29) is 0 Å². The summed E-state index contributed by atoms with van der Waals surface area (Å²) in [7, 11) is 1.60. The fourth-order valence-electron chi connectivity index (χ4n) is 1.48. The molecule has 0 fully saturated rings. The zero-order chi connectivity index (χ0) is 9.97. The van der Waals surface area contributed by atoms with Gasteiger partial charge in [0, 0.05) is 18.5 Å². The minimum Gasteiger partial charge on any atom is -0.480 e. The first-order valence-corrected chi connectivity index (χ1v) is 5.23. The van der Waals surface area contributed by atoms with Gasteiger partial charge in [0.25, 0.3) is 0 Å². The van der Waals surface area contributed by atoms with E-state index in [2.05, 4.69) is 9.69 Å². The topological polar surface area (TPSA) is 54.4 Å². The molecule has 1 atom stereocenters. The average Bonchev–Trinajstić information content (AvgIpc) is 2.65. The number of aliphatic hydroxyl groups is 1. The average molecular weight is 212 g/mol. The predicted octanol–water partition coefficient (Wildman–Crippen LogP) is 0.499. The maximum Gasteiger partial charge on any atom is 0.232 e. The summed E-state index contributed by atoms with van der Waals surface area (Å²) < 4.78 is 9.23. The van der Waals surface area contributed by atoms with Crippen LogP contribution in [-0.2, 0) is 0 Å². The van der Waals surface area contributed by atoms with E-state index in [1.165, 1.54) is 11.5 Å². The second-order valence-electron chi connectivity index (χ2n) is 3.13. The van der Waals surface area contributed by atoms with Crippen LogP contribution in [0.3, 0.4) is 0 Å². The van der Waals surface area contributed by atoms with Crippen molar-refractivity contribution in [1.29, 1.82) is 0 Å². The van der Waals surface area contributed by atoms with Crippen molar-refractivity contribution < 1.29 is 9.84 Å². The minimum atomic E-state index is -0.414. The molecule has 14 heavy (non-hydrogen) atoms. The van der Waals surface area contributed by atoms with Crippen LogP contribution in [0.4, 0.5) is 0 Å². The first-order valence-electron chi connectivity index (χ1n) is 4.39. The van der Waals surface area contributed by atoms with E-state index >= 15 is 0 Å². The highest BCUT2D eigenvalue weighted by molar-refractivity contribution is 7.04. The van der Waals surface area contributed by atoms with Crippen molar-refractivity contribution >= 4 is 17.1 Å². The van der Waals surface area contributed by atoms with Gasteiger partial charge in [-0.15, -0.1) is 0 Å². The molecule has 76 valence electrons. The Morgan fingerprint density at radius 2 is 2.57 bits per heavy atom. The van der Waals surface area contributed by atoms with Crippen molar-refractivity contribution in [1.82, 2.24) is 9.69 Å². The zero-order valence-electron chi connectivity index (χ0n) is 7.86. The largest absolute Gasteiger partial charge is 0.480 e. The molecule has 5 heteroatoms. The lowest BCUT2D eigenvalue weighted by Crippen LogP contribution is -2.31. The van der Waals surface area contributed by atoms with Crippen LogP contribution < -0.4 is 10.1 Å². The Morgan fingerprint density at radius 3 is 3.29 bits per heavy atom. The molecular formula is C9H12N2O2S. The highest BCUT2D eigenvalue weighted by Crippen LogP contribution is 2.27. The number of β-amino-alcohol motifs (C(OH)–C–C–N with tert-alkyl or cyclic N) is 1. The number of hydrogen-bond donors (Lipinski definition) is 2. The number of methoxy groups -OCH3 is 1. The maximum atomic E-state index is 9.45. The van der Waals surface area contributed by atoms with Gasteiger partial charge in [-0.1, -0.05) is 0 Å². The van der Waals surface area contributed by atoms with E-state index in [4.69, 9.17) is 4.74 Å². The van der Waals surface area contributed by atoms with Crippen molar-refractivity contribution in [2.45, 2.75) is 6.10 Å². The van der Waals surface area contributed by atoms with Crippen LogP contribution in [-0.4, -0.2) is 35.8 Å². The highest BCUT2D eigenvalue weighted by atomic mass is 32.1. The molecule has 0 spiro atoms. The normalized spacial score (nSPS) is 21.9. The summed E-state index contributed by atoms with van der Waals surface area (Å²) in [6.45, 7) is 1.37. The number of ether oxygens (including phenoxy) is 1. The van der Waals surface area contributed by atoms with Crippen molar-refractivity contribution in [3.8, 4) is 5.88 Å². The monoisotopic (exact) mass is 212 g/mol. The molecule has 0 aliphatic carbocycles. The summed E-state index contributed by atoms with van der Waals surface area (Å²) in [5.41, 5.74) is 2.03. The van der Waals surface area contributed by atoms with Gasteiger partial charge in [-0.2, -0.15) is 4.37 Å². The quantitative estimate of drug-likeness (QED) is 0.749. The Hall–Kier alpha value is -0.910. The van der Waals surface area contributed by atoms with Crippen molar-refractivity contribution in [2.24, 2.45) is 0 Å². The number of aliphatic hydroxyl groups excluding tert-OH is 1. The summed E-state index contributed by atoms with van der Waals surface area (Å²) in [6.07, 6.45) is 1.44. The standard InChI is InChI=1S/C9H12N2O2S/c1-13-9-8(5-14-11-9)6-2-7(12)4-10-3-6/h2,5,7,10,12H,3-4H2,1H3. The van der Waals surface area contributed by atoms with Crippen LogP contribution in [0.2, 0.25) is 0 Å². The number of nitrogens with one attached hydrogen (secondary N) is 1. The minimum absolute atomic E-state index is 0.414. The molecule has 1 aromatic rings. The van der Waals surface area contributed by atoms with Gasteiger partial charge < -0.3 is 15.2 Å². The fraction of sp³-hybridized carbons (Fsp3) is 0.444. The van der Waals surface area contributed by atoms with Crippen LogP contribution in [0.15, 0.2) is 11.5 Å². The second-order valence-corrected chi connectivity index (χ2v) is 3.76. The van der Waals surface area contributed by atoms with Crippen molar-refractivity contribution in [2.75, 3.05) is 20.2 Å². The van der Waals surface area contributed by atoms with Gasteiger partial charge in [-0.25, -0.2) is 0 Å². The molecule has 2 N–H and O–H groups in total. The molecule has 1 aromatic heterocycles. The Morgan fingerprint density at radius 1 is 1.71 bits per heavy atom. The number of nitrogens with zero attached hydrogens (tertiary/aromatic N) is 1. The van der Waals surface area contributed by atoms with E-state index in [9.17, 15) is 5.11 Å². The summed E-state index contributed by atoms with van der Waals surface area (Å²) in [6, 6.07) is 0. The van der Waals surface area contributed by atoms with E-state index in [1.807, 2.05) is 11.5 Å². The maximum absolute atomic E-state index is 9.45. The molecule has 4 nitrogen and oxygen atoms in total. The molecule has 0 amide bonds. The first kappa shape index (κ1) is 9.64. The SMILES string of the molecule is COc1nscc1C1=CC(O)CNC1. The third-order valence-electron chi connectivity index (χ3n) is 2.14. The summed E-state index contributed by atoms with van der Waals surface area (Å²) in [5.74, 6) is 0.636. The Labute approximate surface area is 86.4 Å². The fourth-order valence-corrected chi connectivity index (χ4v) is 2.16. The molecule has 0 radical (unpaired) electrons. The van der Waals surface area contributed by atoms with Gasteiger partial charge in [0.05, 0.1) is 18.8 Å². The van der Waals surface area contributed by atoms with Gasteiger partial charge in [0.1, 0.15) is 0 Å². The lowest BCUT2D eigenvalue weighted by Gasteiger charge is -2.18. The summed E-state index contributed by atoms with van der Waals surface area (Å²) in [4.78, 5) is 0. The lowest BCUT2D eigenvalue weighted by molar-refractivity contribution is 0.217. The van der Waals surface area contributed by atoms with Crippen molar-refractivity contribution in [3.05, 3.63) is 17.0 Å². The van der Waals surface area contributed by atoms with Crippen LogP contribution in [0.5, 0.6) is 5.88 Å². The summed E-state index contributed by atoms with van der Waals surface area (Å²) >= 11 is 1.36.